The second kappa shape index (κ2) is 7.10. The third-order valence-corrected chi connectivity index (χ3v) is 5.80. The van der Waals surface area contributed by atoms with Gasteiger partial charge in [0.25, 0.3) is 0 Å². The standard InChI is InChI=1S/C19H30N2O2/c1-13(14-5-4-6-14)21-11-16(9-17(20)12-21)15-7-8-18(22-2)19(10-15)23-3/h7-8,10,13-14,16-17H,4-6,9,11-12,20H2,1-3H3. The van der Waals surface area contributed by atoms with Gasteiger partial charge in [0.05, 0.1) is 14.2 Å². The maximum Gasteiger partial charge on any atom is 0.160 e. The molecule has 3 unspecified atom stereocenters. The minimum atomic E-state index is 0.254. The van der Waals surface area contributed by atoms with Crippen LogP contribution in [0.1, 0.15) is 44.1 Å². The van der Waals surface area contributed by atoms with Gasteiger partial charge in [0.15, 0.2) is 11.5 Å². The van der Waals surface area contributed by atoms with E-state index in [-0.39, 0.29) is 6.04 Å². The summed E-state index contributed by atoms with van der Waals surface area (Å²) in [5, 5.41) is 0. The number of methoxy groups -OCH3 is 2. The van der Waals surface area contributed by atoms with E-state index >= 15 is 0 Å². The van der Waals surface area contributed by atoms with Crippen molar-refractivity contribution in [2.24, 2.45) is 11.7 Å². The van der Waals surface area contributed by atoms with Gasteiger partial charge in [-0.2, -0.15) is 0 Å². The van der Waals surface area contributed by atoms with Crippen molar-refractivity contribution in [3.63, 3.8) is 0 Å². The first kappa shape index (κ1) is 16.6. The van der Waals surface area contributed by atoms with Crippen LogP contribution < -0.4 is 15.2 Å². The molecule has 1 aromatic carbocycles. The smallest absolute Gasteiger partial charge is 0.160 e. The fourth-order valence-corrected chi connectivity index (χ4v) is 4.07. The van der Waals surface area contributed by atoms with Crippen molar-refractivity contribution in [3.05, 3.63) is 23.8 Å². The first-order chi connectivity index (χ1) is 11.1. The molecule has 0 aromatic heterocycles. The number of ether oxygens (including phenoxy) is 2. The molecule has 2 N–H and O–H groups in total. The number of likely N-dealkylation sites (tertiary alicyclic amines) is 1. The fraction of sp³-hybridized carbons (Fsp3) is 0.684. The zero-order valence-electron chi connectivity index (χ0n) is 14.6. The van der Waals surface area contributed by atoms with Gasteiger partial charge in [0.1, 0.15) is 0 Å². The molecular formula is C19H30N2O2. The van der Waals surface area contributed by atoms with Gasteiger partial charge in [0.2, 0.25) is 0 Å². The molecule has 0 amide bonds. The van der Waals surface area contributed by atoms with E-state index in [9.17, 15) is 0 Å². The van der Waals surface area contributed by atoms with Crippen molar-refractivity contribution >= 4 is 0 Å². The van der Waals surface area contributed by atoms with Crippen LogP contribution >= 0.6 is 0 Å². The van der Waals surface area contributed by atoms with E-state index in [2.05, 4.69) is 24.0 Å². The summed E-state index contributed by atoms with van der Waals surface area (Å²) >= 11 is 0. The molecule has 1 aliphatic heterocycles. The minimum Gasteiger partial charge on any atom is -0.493 e. The second-order valence-corrected chi connectivity index (χ2v) is 7.19. The summed E-state index contributed by atoms with van der Waals surface area (Å²) in [6.45, 7) is 4.51. The van der Waals surface area contributed by atoms with E-state index in [1.54, 1.807) is 14.2 Å². The Balaban J connectivity index is 1.75. The van der Waals surface area contributed by atoms with Crippen LogP contribution in [0.5, 0.6) is 11.5 Å². The molecular weight excluding hydrogens is 288 g/mol. The lowest BCUT2D eigenvalue weighted by Gasteiger charge is -2.45. The van der Waals surface area contributed by atoms with Crippen molar-refractivity contribution in [2.75, 3.05) is 27.3 Å². The average molecular weight is 318 g/mol. The van der Waals surface area contributed by atoms with E-state index in [0.717, 1.165) is 36.9 Å². The summed E-state index contributed by atoms with van der Waals surface area (Å²) in [6, 6.07) is 7.19. The van der Waals surface area contributed by atoms with E-state index in [1.807, 2.05) is 6.07 Å². The van der Waals surface area contributed by atoms with Gasteiger partial charge in [-0.3, -0.25) is 4.90 Å². The minimum absolute atomic E-state index is 0.254. The van der Waals surface area contributed by atoms with Crippen molar-refractivity contribution < 1.29 is 9.47 Å². The lowest BCUT2D eigenvalue weighted by atomic mass is 9.78. The van der Waals surface area contributed by atoms with Gasteiger partial charge >= 0.3 is 0 Å². The predicted molar refractivity (Wildman–Crippen MR) is 93.3 cm³/mol. The van der Waals surface area contributed by atoms with Gasteiger partial charge in [-0.15, -0.1) is 0 Å². The Labute approximate surface area is 139 Å². The maximum absolute atomic E-state index is 6.38. The molecule has 4 heteroatoms. The first-order valence-corrected chi connectivity index (χ1v) is 8.84. The highest BCUT2D eigenvalue weighted by Crippen LogP contribution is 2.37. The lowest BCUT2D eigenvalue weighted by Crippen LogP contribution is -2.52. The number of benzene rings is 1. The Hall–Kier alpha value is -1.26. The maximum atomic E-state index is 6.38. The molecule has 0 bridgehead atoms. The topological polar surface area (TPSA) is 47.7 Å². The van der Waals surface area contributed by atoms with Crippen LogP contribution in [-0.4, -0.2) is 44.3 Å². The Bertz CT molecular complexity index is 530. The molecule has 1 aliphatic carbocycles. The number of nitrogens with two attached hydrogens (primary N) is 1. The molecule has 1 aromatic rings. The highest BCUT2D eigenvalue weighted by Gasteiger charge is 2.34. The largest absolute Gasteiger partial charge is 0.493 e. The number of hydrogen-bond acceptors (Lipinski definition) is 4. The van der Waals surface area contributed by atoms with Crippen LogP contribution in [0, 0.1) is 5.92 Å². The van der Waals surface area contributed by atoms with Gasteiger partial charge in [0, 0.05) is 25.2 Å². The number of piperidine rings is 1. The summed E-state index contributed by atoms with van der Waals surface area (Å²) in [4.78, 5) is 2.61. The normalized spacial score (nSPS) is 27.3. The van der Waals surface area contributed by atoms with E-state index in [1.165, 1.54) is 24.8 Å². The van der Waals surface area contributed by atoms with Crippen LogP contribution in [0.4, 0.5) is 0 Å². The van der Waals surface area contributed by atoms with Gasteiger partial charge < -0.3 is 15.2 Å². The molecule has 2 fully saturated rings. The Morgan fingerprint density at radius 1 is 1.13 bits per heavy atom. The van der Waals surface area contributed by atoms with Crippen LogP contribution in [0.3, 0.4) is 0 Å². The quantitative estimate of drug-likeness (QED) is 0.906. The molecule has 1 saturated carbocycles. The van der Waals surface area contributed by atoms with E-state index in [4.69, 9.17) is 15.2 Å². The molecule has 23 heavy (non-hydrogen) atoms. The highest BCUT2D eigenvalue weighted by molar-refractivity contribution is 5.44. The van der Waals surface area contributed by atoms with Crippen molar-refractivity contribution in [1.82, 2.24) is 4.90 Å². The zero-order chi connectivity index (χ0) is 16.4. The van der Waals surface area contributed by atoms with Crippen molar-refractivity contribution in [2.45, 2.75) is 50.6 Å². The Morgan fingerprint density at radius 2 is 1.87 bits per heavy atom. The first-order valence-electron chi connectivity index (χ1n) is 8.84. The van der Waals surface area contributed by atoms with Crippen LogP contribution in [-0.2, 0) is 0 Å². The van der Waals surface area contributed by atoms with Gasteiger partial charge in [-0.1, -0.05) is 12.5 Å². The van der Waals surface area contributed by atoms with Gasteiger partial charge in [-0.25, -0.2) is 0 Å². The summed E-state index contributed by atoms with van der Waals surface area (Å²) in [7, 11) is 3.37. The average Bonchev–Trinajstić information content (AvgIpc) is 2.51. The molecule has 1 heterocycles. The van der Waals surface area contributed by atoms with E-state index < -0.39 is 0 Å². The monoisotopic (exact) mass is 318 g/mol. The van der Waals surface area contributed by atoms with Crippen LogP contribution in [0.25, 0.3) is 0 Å². The fourth-order valence-electron chi connectivity index (χ4n) is 4.07. The molecule has 4 nitrogen and oxygen atoms in total. The van der Waals surface area contributed by atoms with Crippen LogP contribution in [0.15, 0.2) is 18.2 Å². The zero-order valence-corrected chi connectivity index (χ0v) is 14.6. The predicted octanol–water partition coefficient (Wildman–Crippen LogP) is 3.01. The summed E-state index contributed by atoms with van der Waals surface area (Å²) in [5.41, 5.74) is 7.69. The van der Waals surface area contributed by atoms with Crippen molar-refractivity contribution in [3.8, 4) is 11.5 Å². The third kappa shape index (κ3) is 3.48. The van der Waals surface area contributed by atoms with Crippen LogP contribution in [0.2, 0.25) is 0 Å². The van der Waals surface area contributed by atoms with E-state index in [0.29, 0.717) is 12.0 Å². The molecule has 0 spiro atoms. The summed E-state index contributed by atoms with van der Waals surface area (Å²) in [5.74, 6) is 2.94. The molecule has 1 saturated heterocycles. The van der Waals surface area contributed by atoms with Gasteiger partial charge in [-0.05, 0) is 55.7 Å². The molecule has 3 rings (SSSR count). The third-order valence-electron chi connectivity index (χ3n) is 5.80. The second-order valence-electron chi connectivity index (χ2n) is 7.19. The number of rotatable bonds is 5. The lowest BCUT2D eigenvalue weighted by molar-refractivity contribution is 0.0738. The molecule has 2 aliphatic rings. The molecule has 0 radical (unpaired) electrons. The molecule has 128 valence electrons. The number of nitrogens with zero attached hydrogens (tertiary/aromatic N) is 1. The Morgan fingerprint density at radius 3 is 2.48 bits per heavy atom. The molecule has 3 atom stereocenters. The van der Waals surface area contributed by atoms with Crippen molar-refractivity contribution in [1.29, 1.82) is 0 Å². The number of hydrogen-bond donors (Lipinski definition) is 1. The SMILES string of the molecule is COc1ccc(C2CC(N)CN(C(C)C3CCC3)C2)cc1OC. The Kier molecular flexibility index (Phi) is 5.12. The summed E-state index contributed by atoms with van der Waals surface area (Å²) < 4.78 is 10.8. The highest BCUT2D eigenvalue weighted by atomic mass is 16.5. The summed E-state index contributed by atoms with van der Waals surface area (Å²) in [6.07, 6.45) is 5.21.